The van der Waals surface area contributed by atoms with Crippen LogP contribution in [0, 0.1) is 0 Å². The summed E-state index contributed by atoms with van der Waals surface area (Å²) in [7, 11) is 1.55. The molecule has 0 fully saturated rings. The molecule has 1 aliphatic heterocycles. The van der Waals surface area contributed by atoms with Gasteiger partial charge in [-0.1, -0.05) is 18.2 Å². The van der Waals surface area contributed by atoms with Crippen molar-refractivity contribution in [3.05, 3.63) is 29.8 Å². The third kappa shape index (κ3) is 1.61. The quantitative estimate of drug-likeness (QED) is 0.725. The Morgan fingerprint density at radius 3 is 2.75 bits per heavy atom. The molecule has 1 aliphatic rings. The standard InChI is InChI=1S/C11H9ClN2O2/c1-13-10-7-4-2-3-5-8(7)14(11(10)16)6-9(12)15/h2-5H,6H2,1H3/b13-10+. The van der Waals surface area contributed by atoms with Crippen molar-refractivity contribution >= 4 is 34.1 Å². The molecule has 1 aromatic carbocycles. The molecule has 0 aromatic heterocycles. The van der Waals surface area contributed by atoms with Crippen LogP contribution in [0.3, 0.4) is 0 Å². The maximum atomic E-state index is 11.9. The first-order valence-electron chi connectivity index (χ1n) is 4.71. The summed E-state index contributed by atoms with van der Waals surface area (Å²) < 4.78 is 0. The van der Waals surface area contributed by atoms with Crippen molar-refractivity contribution in [1.29, 1.82) is 0 Å². The second-order valence-electron chi connectivity index (χ2n) is 3.34. The third-order valence-electron chi connectivity index (χ3n) is 2.40. The number of carbonyl (C=O) groups excluding carboxylic acids is 2. The lowest BCUT2D eigenvalue weighted by Gasteiger charge is -2.13. The predicted molar refractivity (Wildman–Crippen MR) is 62.1 cm³/mol. The molecule has 0 radical (unpaired) electrons. The second-order valence-corrected chi connectivity index (χ2v) is 3.76. The van der Waals surface area contributed by atoms with Gasteiger partial charge in [0.05, 0.1) is 5.69 Å². The summed E-state index contributed by atoms with van der Waals surface area (Å²) >= 11 is 5.31. The largest absolute Gasteiger partial charge is 0.298 e. The first-order valence-corrected chi connectivity index (χ1v) is 5.09. The van der Waals surface area contributed by atoms with E-state index in [1.54, 1.807) is 25.2 Å². The summed E-state index contributed by atoms with van der Waals surface area (Å²) in [6.07, 6.45) is 0. The van der Waals surface area contributed by atoms with Crippen molar-refractivity contribution in [2.75, 3.05) is 18.5 Å². The smallest absolute Gasteiger partial charge is 0.277 e. The number of rotatable bonds is 2. The van der Waals surface area contributed by atoms with Gasteiger partial charge in [-0.2, -0.15) is 0 Å². The van der Waals surface area contributed by atoms with E-state index in [9.17, 15) is 9.59 Å². The minimum atomic E-state index is -0.569. The predicted octanol–water partition coefficient (Wildman–Crippen LogP) is 1.22. The normalized spacial score (nSPS) is 16.8. The van der Waals surface area contributed by atoms with Crippen molar-refractivity contribution in [3.63, 3.8) is 0 Å². The number of amides is 1. The SMILES string of the molecule is C/N=C1/C(=O)N(CC(=O)Cl)c2ccccc21. The van der Waals surface area contributed by atoms with Gasteiger partial charge in [0.2, 0.25) is 5.24 Å². The Morgan fingerprint density at radius 2 is 2.12 bits per heavy atom. The molecule has 0 saturated heterocycles. The van der Waals surface area contributed by atoms with Gasteiger partial charge in [-0.15, -0.1) is 0 Å². The molecule has 1 heterocycles. The van der Waals surface area contributed by atoms with Gasteiger partial charge in [0.1, 0.15) is 12.3 Å². The number of halogens is 1. The van der Waals surface area contributed by atoms with E-state index in [-0.39, 0.29) is 12.5 Å². The molecule has 0 bridgehead atoms. The number of para-hydroxylation sites is 1. The van der Waals surface area contributed by atoms with E-state index < -0.39 is 5.24 Å². The number of hydrogen-bond donors (Lipinski definition) is 0. The second kappa shape index (κ2) is 4.06. The van der Waals surface area contributed by atoms with Crippen LogP contribution in [0.15, 0.2) is 29.3 Å². The number of aliphatic imine (C=N–C) groups is 1. The third-order valence-corrected chi connectivity index (χ3v) is 2.52. The van der Waals surface area contributed by atoms with Crippen LogP contribution in [-0.4, -0.2) is 30.5 Å². The van der Waals surface area contributed by atoms with Crippen LogP contribution >= 0.6 is 11.6 Å². The maximum absolute atomic E-state index is 11.9. The van der Waals surface area contributed by atoms with Gasteiger partial charge in [0, 0.05) is 12.6 Å². The molecule has 2 rings (SSSR count). The fourth-order valence-electron chi connectivity index (χ4n) is 1.76. The highest BCUT2D eigenvalue weighted by Crippen LogP contribution is 2.28. The molecular weight excluding hydrogens is 228 g/mol. The van der Waals surface area contributed by atoms with Crippen molar-refractivity contribution in [2.24, 2.45) is 4.99 Å². The number of carbonyl (C=O) groups is 2. The molecule has 1 aromatic rings. The zero-order valence-corrected chi connectivity index (χ0v) is 9.36. The molecule has 0 atom stereocenters. The monoisotopic (exact) mass is 236 g/mol. The van der Waals surface area contributed by atoms with Gasteiger partial charge in [-0.05, 0) is 17.7 Å². The Morgan fingerprint density at radius 1 is 1.44 bits per heavy atom. The van der Waals surface area contributed by atoms with E-state index in [1.807, 2.05) is 6.07 Å². The Kier molecular flexibility index (Phi) is 2.75. The summed E-state index contributed by atoms with van der Waals surface area (Å²) in [5.74, 6) is -0.280. The molecule has 0 spiro atoms. The minimum Gasteiger partial charge on any atom is -0.298 e. The molecule has 0 N–H and O–H groups in total. The van der Waals surface area contributed by atoms with Crippen LogP contribution in [0.5, 0.6) is 0 Å². The van der Waals surface area contributed by atoms with Gasteiger partial charge in [-0.3, -0.25) is 19.5 Å². The van der Waals surface area contributed by atoms with Crippen LogP contribution in [0.2, 0.25) is 0 Å². The van der Waals surface area contributed by atoms with Crippen molar-refractivity contribution in [2.45, 2.75) is 0 Å². The topological polar surface area (TPSA) is 49.7 Å². The molecule has 0 aliphatic carbocycles. The summed E-state index contributed by atoms with van der Waals surface area (Å²) in [4.78, 5) is 28.1. The molecule has 0 saturated carbocycles. The molecule has 16 heavy (non-hydrogen) atoms. The average Bonchev–Trinajstić information content (AvgIpc) is 2.52. The van der Waals surface area contributed by atoms with Gasteiger partial charge >= 0.3 is 0 Å². The first-order chi connectivity index (χ1) is 7.65. The van der Waals surface area contributed by atoms with Crippen LogP contribution in [-0.2, 0) is 9.59 Å². The minimum absolute atomic E-state index is 0.129. The Hall–Kier alpha value is -1.68. The van der Waals surface area contributed by atoms with E-state index in [2.05, 4.69) is 4.99 Å². The number of hydrogen-bond acceptors (Lipinski definition) is 3. The molecule has 82 valence electrons. The molecule has 4 nitrogen and oxygen atoms in total. The van der Waals surface area contributed by atoms with Gasteiger partial charge < -0.3 is 0 Å². The molecule has 5 heteroatoms. The van der Waals surface area contributed by atoms with E-state index >= 15 is 0 Å². The van der Waals surface area contributed by atoms with Gasteiger partial charge in [0.15, 0.2) is 0 Å². The average molecular weight is 237 g/mol. The summed E-state index contributed by atoms with van der Waals surface area (Å²) in [5, 5.41) is -0.569. The zero-order valence-electron chi connectivity index (χ0n) is 8.61. The Labute approximate surface area is 97.5 Å². The fourth-order valence-corrected chi connectivity index (χ4v) is 1.88. The highest BCUT2D eigenvalue weighted by molar-refractivity contribution is 6.65. The van der Waals surface area contributed by atoms with Crippen LogP contribution in [0.1, 0.15) is 5.56 Å². The lowest BCUT2D eigenvalue weighted by Crippen LogP contribution is -2.33. The molecular formula is C11H9ClN2O2. The van der Waals surface area contributed by atoms with E-state index in [1.165, 1.54) is 4.90 Å². The van der Waals surface area contributed by atoms with E-state index in [0.29, 0.717) is 11.4 Å². The number of nitrogens with zero attached hydrogens (tertiary/aromatic N) is 2. The Balaban J connectivity index is 2.51. The summed E-state index contributed by atoms with van der Waals surface area (Å²) in [5.41, 5.74) is 1.79. The van der Waals surface area contributed by atoms with Crippen LogP contribution in [0.25, 0.3) is 0 Å². The van der Waals surface area contributed by atoms with E-state index in [4.69, 9.17) is 11.6 Å². The zero-order chi connectivity index (χ0) is 11.7. The van der Waals surface area contributed by atoms with Crippen LogP contribution < -0.4 is 4.90 Å². The maximum Gasteiger partial charge on any atom is 0.277 e. The van der Waals surface area contributed by atoms with Crippen molar-refractivity contribution in [3.8, 4) is 0 Å². The van der Waals surface area contributed by atoms with Gasteiger partial charge in [0.25, 0.3) is 5.91 Å². The number of fused-ring (bicyclic) bond motifs is 1. The van der Waals surface area contributed by atoms with E-state index in [0.717, 1.165) is 5.56 Å². The van der Waals surface area contributed by atoms with Crippen molar-refractivity contribution < 1.29 is 9.59 Å². The Bertz CT molecular complexity index is 497. The highest BCUT2D eigenvalue weighted by atomic mass is 35.5. The van der Waals surface area contributed by atoms with Gasteiger partial charge in [-0.25, -0.2) is 0 Å². The number of anilines is 1. The van der Waals surface area contributed by atoms with Crippen molar-refractivity contribution in [1.82, 2.24) is 0 Å². The summed E-state index contributed by atoms with van der Waals surface area (Å²) in [6.45, 7) is -0.129. The molecule has 0 unspecified atom stereocenters. The fraction of sp³-hybridized carbons (Fsp3) is 0.182. The lowest BCUT2D eigenvalue weighted by molar-refractivity contribution is -0.115. The summed E-state index contributed by atoms with van der Waals surface area (Å²) in [6, 6.07) is 7.19. The molecule has 1 amide bonds. The number of benzene rings is 1. The first kappa shape index (κ1) is 10.8. The van der Waals surface area contributed by atoms with Crippen LogP contribution in [0.4, 0.5) is 5.69 Å². The highest BCUT2D eigenvalue weighted by Gasteiger charge is 2.33. The lowest BCUT2D eigenvalue weighted by atomic mass is 10.1.